The van der Waals surface area contributed by atoms with Crippen LogP contribution in [0.1, 0.15) is 19.8 Å². The van der Waals surface area contributed by atoms with Crippen LogP contribution in [0.3, 0.4) is 0 Å². The topological polar surface area (TPSA) is 12.0 Å². The molecule has 1 fully saturated rings. The summed E-state index contributed by atoms with van der Waals surface area (Å²) in [7, 11) is 0. The molecule has 0 aromatic carbocycles. The third-order valence-corrected chi connectivity index (χ3v) is 2.07. The maximum Gasteiger partial charge on any atom is 0.00491 e. The highest BCUT2D eigenvalue weighted by atomic mass is 32.1. The Hall–Kier alpha value is 0.310. The zero-order valence-corrected chi connectivity index (χ0v) is 6.12. The van der Waals surface area contributed by atoms with Gasteiger partial charge in [-0.1, -0.05) is 0 Å². The van der Waals surface area contributed by atoms with Crippen molar-refractivity contribution in [1.82, 2.24) is 5.32 Å². The van der Waals surface area contributed by atoms with Crippen molar-refractivity contribution < 1.29 is 0 Å². The summed E-state index contributed by atoms with van der Waals surface area (Å²) >= 11 is 4.38. The van der Waals surface area contributed by atoms with Gasteiger partial charge in [0, 0.05) is 11.3 Å². The quantitative estimate of drug-likeness (QED) is 0.468. The molecule has 1 aliphatic rings. The highest BCUT2D eigenvalue weighted by molar-refractivity contribution is 7.80. The van der Waals surface area contributed by atoms with Gasteiger partial charge < -0.3 is 5.32 Å². The van der Waals surface area contributed by atoms with E-state index in [1.54, 1.807) is 0 Å². The van der Waals surface area contributed by atoms with Crippen LogP contribution in [0, 0.1) is 0 Å². The normalized spacial score (nSPS) is 39.8. The summed E-state index contributed by atoms with van der Waals surface area (Å²) in [5.74, 6) is 0. The summed E-state index contributed by atoms with van der Waals surface area (Å²) < 4.78 is 0. The molecular formula is C6H13NS. The zero-order valence-electron chi connectivity index (χ0n) is 5.22. The summed E-state index contributed by atoms with van der Waals surface area (Å²) in [5.41, 5.74) is 0. The van der Waals surface area contributed by atoms with Gasteiger partial charge in [-0.05, 0) is 26.3 Å². The number of nitrogens with one attached hydrogen (secondary N) is 1. The van der Waals surface area contributed by atoms with Crippen molar-refractivity contribution in [1.29, 1.82) is 0 Å². The van der Waals surface area contributed by atoms with Crippen molar-refractivity contribution >= 4 is 12.6 Å². The highest BCUT2D eigenvalue weighted by Gasteiger charge is 2.13. The Balaban J connectivity index is 2.23. The van der Waals surface area contributed by atoms with Crippen LogP contribution in [-0.4, -0.2) is 17.8 Å². The molecule has 0 bridgehead atoms. The first-order chi connectivity index (χ1) is 3.79. The second-order valence-corrected chi connectivity index (χ2v) is 3.26. The third-order valence-electron chi connectivity index (χ3n) is 1.60. The van der Waals surface area contributed by atoms with E-state index in [-0.39, 0.29) is 0 Å². The number of hydrogen-bond donors (Lipinski definition) is 2. The number of thiol groups is 1. The summed E-state index contributed by atoms with van der Waals surface area (Å²) in [5, 5.41) is 4.01. The predicted octanol–water partition coefficient (Wildman–Crippen LogP) is 1.06. The molecule has 0 aliphatic carbocycles. The maximum atomic E-state index is 4.38. The van der Waals surface area contributed by atoms with E-state index in [9.17, 15) is 0 Å². The summed E-state index contributed by atoms with van der Waals surface area (Å²) in [6, 6.07) is 0.686. The monoisotopic (exact) mass is 131 g/mol. The van der Waals surface area contributed by atoms with Crippen LogP contribution in [0.2, 0.25) is 0 Å². The van der Waals surface area contributed by atoms with E-state index < -0.39 is 0 Å². The number of piperidine rings is 1. The lowest BCUT2D eigenvalue weighted by Gasteiger charge is -2.23. The van der Waals surface area contributed by atoms with Gasteiger partial charge in [0.2, 0.25) is 0 Å². The number of rotatable bonds is 0. The highest BCUT2D eigenvalue weighted by Crippen LogP contribution is 2.12. The van der Waals surface area contributed by atoms with E-state index in [2.05, 4.69) is 24.9 Å². The lowest BCUT2D eigenvalue weighted by Crippen LogP contribution is -2.36. The van der Waals surface area contributed by atoms with Crippen molar-refractivity contribution in [3.8, 4) is 0 Å². The van der Waals surface area contributed by atoms with Gasteiger partial charge >= 0.3 is 0 Å². The second-order valence-electron chi connectivity index (χ2n) is 2.53. The molecule has 0 saturated carbocycles. The Morgan fingerprint density at radius 2 is 2.38 bits per heavy atom. The minimum Gasteiger partial charge on any atom is -0.314 e. The minimum atomic E-state index is 0.645. The predicted molar refractivity (Wildman–Crippen MR) is 39.5 cm³/mol. The van der Waals surface area contributed by atoms with E-state index in [1.165, 1.54) is 12.8 Å². The molecular weight excluding hydrogens is 118 g/mol. The van der Waals surface area contributed by atoms with Gasteiger partial charge in [0.1, 0.15) is 0 Å². The summed E-state index contributed by atoms with van der Waals surface area (Å²) in [4.78, 5) is 0. The van der Waals surface area contributed by atoms with E-state index in [4.69, 9.17) is 0 Å². The van der Waals surface area contributed by atoms with Crippen molar-refractivity contribution in [2.24, 2.45) is 0 Å². The SMILES string of the molecule is C[C@H]1C[C@@H](S)CCN1. The minimum absolute atomic E-state index is 0.645. The molecule has 0 radical (unpaired) electrons. The molecule has 0 unspecified atom stereocenters. The first-order valence-electron chi connectivity index (χ1n) is 3.20. The first kappa shape index (κ1) is 6.43. The van der Waals surface area contributed by atoms with Crippen LogP contribution >= 0.6 is 12.6 Å². The molecule has 1 aliphatic heterocycles. The molecule has 48 valence electrons. The van der Waals surface area contributed by atoms with Gasteiger partial charge in [0.15, 0.2) is 0 Å². The summed E-state index contributed by atoms with van der Waals surface area (Å²) in [6.45, 7) is 3.36. The van der Waals surface area contributed by atoms with Crippen LogP contribution in [0.15, 0.2) is 0 Å². The fraction of sp³-hybridized carbons (Fsp3) is 1.00. The molecule has 1 heterocycles. The molecule has 1 rings (SSSR count). The van der Waals surface area contributed by atoms with Crippen molar-refractivity contribution in [2.75, 3.05) is 6.54 Å². The Morgan fingerprint density at radius 1 is 1.62 bits per heavy atom. The Kier molecular flexibility index (Phi) is 2.20. The van der Waals surface area contributed by atoms with Crippen LogP contribution in [-0.2, 0) is 0 Å². The van der Waals surface area contributed by atoms with Crippen LogP contribution in [0.25, 0.3) is 0 Å². The molecule has 0 aromatic rings. The second kappa shape index (κ2) is 2.74. The van der Waals surface area contributed by atoms with Gasteiger partial charge in [0.05, 0.1) is 0 Å². The van der Waals surface area contributed by atoms with Crippen molar-refractivity contribution in [3.05, 3.63) is 0 Å². The molecule has 8 heavy (non-hydrogen) atoms. The third kappa shape index (κ3) is 1.67. The largest absolute Gasteiger partial charge is 0.314 e. The fourth-order valence-corrected chi connectivity index (χ4v) is 1.55. The van der Waals surface area contributed by atoms with Gasteiger partial charge in [-0.2, -0.15) is 12.6 Å². The van der Waals surface area contributed by atoms with Gasteiger partial charge in [0.25, 0.3) is 0 Å². The van der Waals surface area contributed by atoms with Crippen LogP contribution in [0.4, 0.5) is 0 Å². The fourth-order valence-electron chi connectivity index (χ4n) is 1.11. The van der Waals surface area contributed by atoms with Gasteiger partial charge in [-0.25, -0.2) is 0 Å². The number of hydrogen-bond acceptors (Lipinski definition) is 2. The van der Waals surface area contributed by atoms with E-state index in [0.717, 1.165) is 6.54 Å². The molecule has 2 heteroatoms. The Bertz CT molecular complexity index is 66.9. The Labute approximate surface area is 56.3 Å². The lowest BCUT2D eigenvalue weighted by atomic mass is 10.1. The van der Waals surface area contributed by atoms with Crippen LogP contribution < -0.4 is 5.32 Å². The molecule has 0 aromatic heterocycles. The first-order valence-corrected chi connectivity index (χ1v) is 3.72. The van der Waals surface area contributed by atoms with Crippen LogP contribution in [0.5, 0.6) is 0 Å². The molecule has 0 spiro atoms. The van der Waals surface area contributed by atoms with E-state index in [0.29, 0.717) is 11.3 Å². The molecule has 0 amide bonds. The van der Waals surface area contributed by atoms with Gasteiger partial charge in [-0.3, -0.25) is 0 Å². The van der Waals surface area contributed by atoms with E-state index >= 15 is 0 Å². The van der Waals surface area contributed by atoms with Crippen molar-refractivity contribution in [3.63, 3.8) is 0 Å². The molecule has 1 saturated heterocycles. The molecule has 1 N–H and O–H groups in total. The van der Waals surface area contributed by atoms with Gasteiger partial charge in [-0.15, -0.1) is 0 Å². The average molecular weight is 131 g/mol. The average Bonchev–Trinajstić information content (AvgIpc) is 1.64. The summed E-state index contributed by atoms with van der Waals surface area (Å²) in [6.07, 6.45) is 2.45. The maximum absolute atomic E-state index is 4.38. The molecule has 2 atom stereocenters. The standard InChI is InChI=1S/C6H13NS/c1-5-4-6(8)2-3-7-5/h5-8H,2-4H2,1H3/t5-,6-/m0/s1. The molecule has 1 nitrogen and oxygen atoms in total. The Morgan fingerprint density at radius 3 is 2.75 bits per heavy atom. The van der Waals surface area contributed by atoms with Crippen molar-refractivity contribution in [2.45, 2.75) is 31.1 Å². The smallest absolute Gasteiger partial charge is 0.00491 e. The lowest BCUT2D eigenvalue weighted by molar-refractivity contribution is 0.435. The van der Waals surface area contributed by atoms with E-state index in [1.807, 2.05) is 0 Å². The zero-order chi connectivity index (χ0) is 5.98.